The fourth-order valence-electron chi connectivity index (χ4n) is 4.43. The van der Waals surface area contributed by atoms with Crippen LogP contribution in [-0.2, 0) is 15.7 Å². The summed E-state index contributed by atoms with van der Waals surface area (Å²) >= 11 is 12.5. The van der Waals surface area contributed by atoms with Crippen molar-refractivity contribution in [3.63, 3.8) is 0 Å². The van der Waals surface area contributed by atoms with Gasteiger partial charge < -0.3 is 19.4 Å². The summed E-state index contributed by atoms with van der Waals surface area (Å²) in [6, 6.07) is 11.5. The van der Waals surface area contributed by atoms with E-state index in [-0.39, 0.29) is 12.6 Å². The minimum atomic E-state index is -2.52. The Labute approximate surface area is 216 Å². The Hall–Kier alpha value is -1.64. The number of nitrogens with zero attached hydrogens (tertiary/aromatic N) is 3. The number of unbranched alkanes of at least 4 members (excludes halogenated alkanes) is 1. The molecule has 1 saturated heterocycles. The van der Waals surface area contributed by atoms with Crippen LogP contribution >= 0.6 is 31.8 Å². The first-order chi connectivity index (χ1) is 16.9. The maximum Gasteiger partial charge on any atom is 0.328 e. The standard InChI is InChI=1S/C24H30Cl2N3O5P/c25-20-4-3-5-21(24(20)26)28-13-11-27(12-14-28)10-1-2-15-33-19-8-6-18-7-9-23(30)29(22(18)16-19)17-34-35(31)32/h3-6,8,16,31-32H,1-2,7,9-15,17H2. The molecule has 4 rings (SSSR count). The number of halogens is 2. The van der Waals surface area contributed by atoms with Crippen molar-refractivity contribution < 1.29 is 23.8 Å². The summed E-state index contributed by atoms with van der Waals surface area (Å²) in [7, 11) is -2.52. The zero-order chi connectivity index (χ0) is 24.8. The molecule has 0 aliphatic carbocycles. The third kappa shape index (κ3) is 6.98. The van der Waals surface area contributed by atoms with Crippen LogP contribution in [0.25, 0.3) is 0 Å². The van der Waals surface area contributed by atoms with Gasteiger partial charge in [0.2, 0.25) is 5.91 Å². The van der Waals surface area contributed by atoms with Gasteiger partial charge in [0.1, 0.15) is 12.5 Å². The number of benzene rings is 2. The Kier molecular flexibility index (Phi) is 9.47. The quantitative estimate of drug-likeness (QED) is 0.339. The predicted molar refractivity (Wildman–Crippen MR) is 139 cm³/mol. The molecule has 2 aromatic rings. The van der Waals surface area contributed by atoms with E-state index < -0.39 is 8.60 Å². The molecule has 0 bridgehead atoms. The highest BCUT2D eigenvalue weighted by Gasteiger charge is 2.25. The molecule has 35 heavy (non-hydrogen) atoms. The molecule has 2 aliphatic heterocycles. The normalized spacial score (nSPS) is 16.7. The van der Waals surface area contributed by atoms with Crippen molar-refractivity contribution in [2.75, 3.05) is 55.9 Å². The first-order valence-corrected chi connectivity index (χ1v) is 13.6. The van der Waals surface area contributed by atoms with Crippen LogP contribution in [-0.4, -0.2) is 66.7 Å². The smallest absolute Gasteiger partial charge is 0.328 e. The third-order valence-corrected chi connectivity index (χ3v) is 7.50. The number of aryl methyl sites for hydroxylation is 1. The Morgan fingerprint density at radius 1 is 0.971 bits per heavy atom. The molecule has 8 nitrogen and oxygen atoms in total. The van der Waals surface area contributed by atoms with Crippen molar-refractivity contribution in [3.05, 3.63) is 52.0 Å². The summed E-state index contributed by atoms with van der Waals surface area (Å²) in [5.41, 5.74) is 2.71. The number of piperazine rings is 1. The number of rotatable bonds is 10. The van der Waals surface area contributed by atoms with Gasteiger partial charge in [-0.1, -0.05) is 35.3 Å². The summed E-state index contributed by atoms with van der Waals surface area (Å²) in [5.74, 6) is 0.579. The second-order valence-electron chi connectivity index (χ2n) is 8.58. The topological polar surface area (TPSA) is 85.7 Å². The van der Waals surface area contributed by atoms with E-state index in [1.165, 1.54) is 4.90 Å². The van der Waals surface area contributed by atoms with Crippen LogP contribution in [0.4, 0.5) is 11.4 Å². The highest BCUT2D eigenvalue weighted by atomic mass is 35.5. The van der Waals surface area contributed by atoms with Crippen LogP contribution in [0.1, 0.15) is 24.8 Å². The minimum absolute atomic E-state index is 0.107. The Morgan fingerprint density at radius 2 is 1.77 bits per heavy atom. The van der Waals surface area contributed by atoms with Crippen molar-refractivity contribution in [1.82, 2.24) is 4.90 Å². The molecular formula is C24H30Cl2N3O5P. The Morgan fingerprint density at radius 3 is 2.54 bits per heavy atom. The van der Waals surface area contributed by atoms with E-state index in [0.717, 1.165) is 56.8 Å². The van der Waals surface area contributed by atoms with Gasteiger partial charge in [-0.05, 0) is 49.6 Å². The van der Waals surface area contributed by atoms with Crippen LogP contribution in [0.3, 0.4) is 0 Å². The number of carbonyl (C=O) groups excluding carboxylic acids is 1. The molecule has 0 aromatic heterocycles. The largest absolute Gasteiger partial charge is 0.494 e. The molecule has 1 amide bonds. The molecular weight excluding hydrogens is 512 g/mol. The van der Waals surface area contributed by atoms with Crippen molar-refractivity contribution >= 4 is 49.1 Å². The average Bonchev–Trinajstić information content (AvgIpc) is 2.85. The minimum Gasteiger partial charge on any atom is -0.494 e. The van der Waals surface area contributed by atoms with Gasteiger partial charge >= 0.3 is 8.60 Å². The highest BCUT2D eigenvalue weighted by molar-refractivity contribution is 7.39. The zero-order valence-electron chi connectivity index (χ0n) is 19.4. The zero-order valence-corrected chi connectivity index (χ0v) is 21.8. The SMILES string of the molecule is O=C1CCc2ccc(OCCCCN3CCN(c4cccc(Cl)c4Cl)CC3)cc2N1COP(O)O. The average molecular weight is 542 g/mol. The van der Waals surface area contributed by atoms with E-state index in [9.17, 15) is 4.79 Å². The van der Waals surface area contributed by atoms with Gasteiger partial charge in [0.25, 0.3) is 0 Å². The summed E-state index contributed by atoms with van der Waals surface area (Å²) in [4.78, 5) is 36.5. The number of hydrogen-bond acceptors (Lipinski definition) is 7. The predicted octanol–water partition coefficient (Wildman–Crippen LogP) is 4.44. The molecule has 1 fully saturated rings. The van der Waals surface area contributed by atoms with Crippen molar-refractivity contribution in [1.29, 1.82) is 0 Å². The molecule has 0 spiro atoms. The van der Waals surface area contributed by atoms with Crippen LogP contribution in [0, 0.1) is 0 Å². The highest BCUT2D eigenvalue weighted by Crippen LogP contribution is 2.34. The van der Waals surface area contributed by atoms with Gasteiger partial charge in [0.15, 0.2) is 0 Å². The number of amides is 1. The molecule has 0 radical (unpaired) electrons. The van der Waals surface area contributed by atoms with E-state index in [4.69, 9.17) is 42.2 Å². The second-order valence-corrected chi connectivity index (χ2v) is 10.1. The summed E-state index contributed by atoms with van der Waals surface area (Å²) in [5, 5.41) is 1.21. The number of ether oxygens (including phenoxy) is 1. The van der Waals surface area contributed by atoms with Crippen LogP contribution in [0.15, 0.2) is 36.4 Å². The van der Waals surface area contributed by atoms with E-state index in [1.54, 1.807) is 0 Å². The van der Waals surface area contributed by atoms with Gasteiger partial charge in [0, 0.05) is 38.7 Å². The molecule has 2 N–H and O–H groups in total. The third-order valence-electron chi connectivity index (χ3n) is 6.34. The summed E-state index contributed by atoms with van der Waals surface area (Å²) < 4.78 is 10.8. The lowest BCUT2D eigenvalue weighted by Crippen LogP contribution is -2.46. The van der Waals surface area contributed by atoms with E-state index in [0.29, 0.717) is 40.9 Å². The number of carbonyl (C=O) groups is 1. The molecule has 11 heteroatoms. The molecule has 2 aromatic carbocycles. The first-order valence-electron chi connectivity index (χ1n) is 11.7. The number of anilines is 2. The molecule has 2 heterocycles. The molecule has 190 valence electrons. The van der Waals surface area contributed by atoms with Crippen molar-refractivity contribution in [3.8, 4) is 5.75 Å². The van der Waals surface area contributed by atoms with E-state index in [2.05, 4.69) is 9.80 Å². The van der Waals surface area contributed by atoms with E-state index in [1.807, 2.05) is 36.4 Å². The van der Waals surface area contributed by atoms with Crippen LogP contribution in [0.5, 0.6) is 5.75 Å². The molecule has 0 atom stereocenters. The second kappa shape index (κ2) is 12.5. The maximum atomic E-state index is 12.3. The van der Waals surface area contributed by atoms with Gasteiger partial charge in [0.05, 0.1) is 28.0 Å². The lowest BCUT2D eigenvalue weighted by Gasteiger charge is -2.36. The van der Waals surface area contributed by atoms with Gasteiger partial charge in [-0.2, -0.15) is 0 Å². The van der Waals surface area contributed by atoms with Crippen molar-refractivity contribution in [2.24, 2.45) is 0 Å². The molecule has 2 aliphatic rings. The van der Waals surface area contributed by atoms with Crippen LogP contribution < -0.4 is 14.5 Å². The number of fused-ring (bicyclic) bond motifs is 1. The van der Waals surface area contributed by atoms with E-state index >= 15 is 0 Å². The maximum absolute atomic E-state index is 12.3. The monoisotopic (exact) mass is 541 g/mol. The molecule has 0 saturated carbocycles. The van der Waals surface area contributed by atoms with Crippen molar-refractivity contribution in [2.45, 2.75) is 25.7 Å². The summed E-state index contributed by atoms with van der Waals surface area (Å²) in [6.45, 7) is 5.19. The van der Waals surface area contributed by atoms with Crippen LogP contribution in [0.2, 0.25) is 10.0 Å². The van der Waals surface area contributed by atoms with Gasteiger partial charge in [-0.15, -0.1) is 0 Å². The number of hydrogen-bond donors (Lipinski definition) is 2. The fraction of sp³-hybridized carbons (Fsp3) is 0.458. The first kappa shape index (κ1) is 26.4. The summed E-state index contributed by atoms with van der Waals surface area (Å²) in [6.07, 6.45) is 2.96. The lowest BCUT2D eigenvalue weighted by atomic mass is 10.0. The van der Waals surface area contributed by atoms with Gasteiger partial charge in [-0.25, -0.2) is 0 Å². The Bertz CT molecular complexity index is 1020. The lowest BCUT2D eigenvalue weighted by molar-refractivity contribution is -0.119. The Balaban J connectivity index is 1.19. The fourth-order valence-corrected chi connectivity index (χ4v) is 5.07. The molecule has 0 unspecified atom stereocenters. The van der Waals surface area contributed by atoms with Gasteiger partial charge in [-0.3, -0.25) is 19.1 Å².